The number of likely N-dealkylation sites (N-methyl/N-ethyl adjacent to an activating group) is 1. The third-order valence-corrected chi connectivity index (χ3v) is 7.58. The van der Waals surface area contributed by atoms with Gasteiger partial charge in [0.05, 0.1) is 29.0 Å². The van der Waals surface area contributed by atoms with Gasteiger partial charge in [-0.25, -0.2) is 0 Å². The molecule has 2 N–H and O–H groups in total. The van der Waals surface area contributed by atoms with Crippen LogP contribution in [0, 0.1) is 5.92 Å². The van der Waals surface area contributed by atoms with Gasteiger partial charge in [0.2, 0.25) is 5.91 Å². The van der Waals surface area contributed by atoms with Crippen LogP contribution in [0.3, 0.4) is 0 Å². The summed E-state index contributed by atoms with van der Waals surface area (Å²) >= 11 is 1.36. The Morgan fingerprint density at radius 3 is 2.79 bits per heavy atom. The first kappa shape index (κ1) is 22.9. The standard InChI is InChI=1S/C25H29N3O5S/c1-28-19-8-7-17(12-23(29)26-13-15-4-5-15)33-21(19)14-32-20-9-6-16(11-18(20)25(28)31)27-24(30)22-3-2-10-34-22/h2-3,6,9-11,15,17,19,21H,4-5,7-8,12-14H2,1H3,(H,26,29)(H,27,30)/t17-,19-,21+/m1/s1. The number of nitrogens with one attached hydrogen (secondary N) is 2. The van der Waals surface area contributed by atoms with E-state index in [1.54, 1.807) is 36.2 Å². The van der Waals surface area contributed by atoms with Gasteiger partial charge in [-0.3, -0.25) is 14.4 Å². The zero-order valence-electron chi connectivity index (χ0n) is 19.1. The first-order valence-corrected chi connectivity index (χ1v) is 12.7. The Balaban J connectivity index is 1.25. The Kier molecular flexibility index (Phi) is 6.56. The molecule has 8 nitrogen and oxygen atoms in total. The molecule has 9 heteroatoms. The number of carbonyl (C=O) groups excluding carboxylic acids is 3. The molecule has 3 amide bonds. The van der Waals surface area contributed by atoms with Crippen LogP contribution in [0.4, 0.5) is 5.69 Å². The summed E-state index contributed by atoms with van der Waals surface area (Å²) in [6.45, 7) is 1.04. The molecule has 1 saturated carbocycles. The fourth-order valence-corrected chi connectivity index (χ4v) is 5.18. The average Bonchev–Trinajstić information content (AvgIpc) is 3.50. The van der Waals surface area contributed by atoms with Crippen molar-refractivity contribution in [2.45, 2.75) is 50.4 Å². The van der Waals surface area contributed by atoms with E-state index < -0.39 is 0 Å². The summed E-state index contributed by atoms with van der Waals surface area (Å²) in [6, 6.07) is 8.53. The number of thiophene rings is 1. The maximum Gasteiger partial charge on any atom is 0.265 e. The number of amides is 3. The monoisotopic (exact) mass is 483 g/mol. The number of hydrogen-bond acceptors (Lipinski definition) is 6. The molecule has 2 aliphatic heterocycles. The largest absolute Gasteiger partial charge is 0.490 e. The first-order valence-electron chi connectivity index (χ1n) is 11.8. The molecule has 2 aromatic rings. The van der Waals surface area contributed by atoms with Crippen LogP contribution in [0.2, 0.25) is 0 Å². The molecule has 5 rings (SSSR count). The van der Waals surface area contributed by atoms with Gasteiger partial charge < -0.3 is 25.0 Å². The number of nitrogens with zero attached hydrogens (tertiary/aromatic N) is 1. The summed E-state index contributed by atoms with van der Waals surface area (Å²) in [5, 5.41) is 7.69. The fourth-order valence-electron chi connectivity index (χ4n) is 4.56. The summed E-state index contributed by atoms with van der Waals surface area (Å²) in [5.41, 5.74) is 0.947. The summed E-state index contributed by atoms with van der Waals surface area (Å²) in [7, 11) is 1.78. The van der Waals surface area contributed by atoms with E-state index in [9.17, 15) is 14.4 Å². The summed E-state index contributed by atoms with van der Waals surface area (Å²) < 4.78 is 12.2. The third kappa shape index (κ3) is 5.10. The zero-order chi connectivity index (χ0) is 23.7. The van der Waals surface area contributed by atoms with Crippen LogP contribution in [0.1, 0.15) is 52.1 Å². The Hall–Kier alpha value is -2.91. The van der Waals surface area contributed by atoms with Crippen molar-refractivity contribution in [2.24, 2.45) is 5.92 Å². The quantitative estimate of drug-likeness (QED) is 0.657. The van der Waals surface area contributed by atoms with E-state index in [0.717, 1.165) is 13.0 Å². The van der Waals surface area contributed by atoms with Crippen molar-refractivity contribution in [1.29, 1.82) is 0 Å². The lowest BCUT2D eigenvalue weighted by atomic mass is 9.94. The van der Waals surface area contributed by atoms with Gasteiger partial charge in [0.1, 0.15) is 18.5 Å². The van der Waals surface area contributed by atoms with Crippen molar-refractivity contribution in [3.63, 3.8) is 0 Å². The molecule has 0 unspecified atom stereocenters. The molecule has 0 spiro atoms. The minimum atomic E-state index is -0.310. The summed E-state index contributed by atoms with van der Waals surface area (Å²) in [6.07, 6.45) is 3.69. The Bertz CT molecular complexity index is 1070. The highest BCUT2D eigenvalue weighted by molar-refractivity contribution is 7.12. The minimum Gasteiger partial charge on any atom is -0.490 e. The topological polar surface area (TPSA) is 97.0 Å². The normalized spacial score (nSPS) is 24.2. The van der Waals surface area contributed by atoms with Gasteiger partial charge in [0, 0.05) is 19.3 Å². The lowest BCUT2D eigenvalue weighted by Crippen LogP contribution is -2.54. The maximum atomic E-state index is 13.3. The first-order chi connectivity index (χ1) is 16.5. The molecule has 3 heterocycles. The van der Waals surface area contributed by atoms with E-state index >= 15 is 0 Å². The predicted molar refractivity (Wildman–Crippen MR) is 128 cm³/mol. The number of ether oxygens (including phenoxy) is 2. The Morgan fingerprint density at radius 1 is 1.18 bits per heavy atom. The van der Waals surface area contributed by atoms with Gasteiger partial charge in [-0.15, -0.1) is 11.3 Å². The van der Waals surface area contributed by atoms with Crippen LogP contribution >= 0.6 is 11.3 Å². The van der Waals surface area contributed by atoms with Crippen LogP contribution < -0.4 is 15.4 Å². The van der Waals surface area contributed by atoms with Crippen LogP contribution in [-0.4, -0.2) is 61.1 Å². The molecule has 180 valence electrons. The van der Waals surface area contributed by atoms with Gasteiger partial charge in [0.25, 0.3) is 11.8 Å². The van der Waals surface area contributed by atoms with Gasteiger partial charge >= 0.3 is 0 Å². The molecular weight excluding hydrogens is 454 g/mol. The number of hydrogen-bond donors (Lipinski definition) is 2. The predicted octanol–water partition coefficient (Wildman–Crippen LogP) is 3.30. The average molecular weight is 484 g/mol. The molecule has 1 aliphatic carbocycles. The van der Waals surface area contributed by atoms with Gasteiger partial charge in [-0.05, 0) is 61.2 Å². The molecular formula is C25H29N3O5S. The van der Waals surface area contributed by atoms with Crippen molar-refractivity contribution in [3.8, 4) is 5.75 Å². The number of benzene rings is 1. The highest BCUT2D eigenvalue weighted by Crippen LogP contribution is 2.33. The summed E-state index contributed by atoms with van der Waals surface area (Å²) in [5.74, 6) is 0.729. The van der Waals surface area contributed by atoms with E-state index in [2.05, 4.69) is 10.6 Å². The van der Waals surface area contributed by atoms with E-state index in [1.165, 1.54) is 24.2 Å². The fraction of sp³-hybridized carbons (Fsp3) is 0.480. The minimum absolute atomic E-state index is 0.0222. The Labute approximate surface area is 202 Å². The van der Waals surface area contributed by atoms with Crippen LogP contribution in [0.25, 0.3) is 0 Å². The van der Waals surface area contributed by atoms with Gasteiger partial charge in [-0.1, -0.05) is 6.07 Å². The molecule has 1 aromatic carbocycles. The van der Waals surface area contributed by atoms with E-state index in [0.29, 0.717) is 40.6 Å². The molecule has 3 atom stereocenters. The number of anilines is 1. The van der Waals surface area contributed by atoms with Crippen LogP contribution in [0.5, 0.6) is 5.75 Å². The van der Waals surface area contributed by atoms with Crippen molar-refractivity contribution >= 4 is 34.7 Å². The number of rotatable bonds is 6. The van der Waals surface area contributed by atoms with Crippen molar-refractivity contribution in [3.05, 3.63) is 46.2 Å². The Morgan fingerprint density at radius 2 is 2.03 bits per heavy atom. The highest BCUT2D eigenvalue weighted by atomic mass is 32.1. The van der Waals surface area contributed by atoms with Crippen molar-refractivity contribution < 1.29 is 23.9 Å². The van der Waals surface area contributed by atoms with E-state index in [4.69, 9.17) is 9.47 Å². The lowest BCUT2D eigenvalue weighted by molar-refractivity contribution is -0.134. The molecule has 1 aromatic heterocycles. The van der Waals surface area contributed by atoms with Crippen molar-refractivity contribution in [1.82, 2.24) is 10.2 Å². The molecule has 0 radical (unpaired) electrons. The molecule has 34 heavy (non-hydrogen) atoms. The van der Waals surface area contributed by atoms with Gasteiger partial charge in [-0.2, -0.15) is 0 Å². The second-order valence-electron chi connectivity index (χ2n) is 9.26. The highest BCUT2D eigenvalue weighted by Gasteiger charge is 2.39. The maximum absolute atomic E-state index is 13.3. The SMILES string of the molecule is CN1C(=O)c2cc(NC(=O)c3cccs3)ccc2OC[C@@H]2O[C@@H](CC(=O)NCC3CC3)CC[C@H]21. The van der Waals surface area contributed by atoms with Crippen LogP contribution in [0.15, 0.2) is 35.7 Å². The van der Waals surface area contributed by atoms with Gasteiger partial charge in [0.15, 0.2) is 0 Å². The van der Waals surface area contributed by atoms with Crippen molar-refractivity contribution in [2.75, 3.05) is 25.5 Å². The summed E-state index contributed by atoms with van der Waals surface area (Å²) in [4.78, 5) is 40.3. The second kappa shape index (κ2) is 9.76. The molecule has 3 aliphatic rings. The van der Waals surface area contributed by atoms with E-state index in [1.807, 2.05) is 11.4 Å². The zero-order valence-corrected chi connectivity index (χ0v) is 19.9. The number of fused-ring (bicyclic) bond motifs is 2. The lowest BCUT2D eigenvalue weighted by Gasteiger charge is -2.42. The molecule has 1 saturated heterocycles. The van der Waals surface area contributed by atoms with E-state index in [-0.39, 0.29) is 42.6 Å². The second-order valence-corrected chi connectivity index (χ2v) is 10.2. The van der Waals surface area contributed by atoms with Crippen LogP contribution in [-0.2, 0) is 9.53 Å². The smallest absolute Gasteiger partial charge is 0.265 e. The number of carbonyl (C=O) groups is 3. The third-order valence-electron chi connectivity index (χ3n) is 6.71. The molecule has 2 fully saturated rings. The molecule has 0 bridgehead atoms.